The van der Waals surface area contributed by atoms with Gasteiger partial charge in [-0.05, 0) is 30.7 Å². The molecule has 0 bridgehead atoms. The lowest BCUT2D eigenvalue weighted by Gasteiger charge is -2.09. The summed E-state index contributed by atoms with van der Waals surface area (Å²) in [6.07, 6.45) is 1.62. The van der Waals surface area contributed by atoms with E-state index in [9.17, 15) is 0 Å². The van der Waals surface area contributed by atoms with Crippen LogP contribution in [-0.4, -0.2) is 9.97 Å². The first-order chi connectivity index (χ1) is 7.66. The van der Waals surface area contributed by atoms with Gasteiger partial charge in [0.25, 0.3) is 0 Å². The summed E-state index contributed by atoms with van der Waals surface area (Å²) >= 11 is 3.47. The molecule has 2 aromatic rings. The number of hydrogen-bond donors (Lipinski definition) is 2. The maximum absolute atomic E-state index is 5.58. The fourth-order valence-corrected chi connectivity index (χ4v) is 1.66. The SMILES string of the molecule is Cc1c(Br)cccc1Nc1nccc(N)n1. The summed E-state index contributed by atoms with van der Waals surface area (Å²) in [5.74, 6) is 0.950. The molecule has 0 fully saturated rings. The van der Waals surface area contributed by atoms with E-state index in [4.69, 9.17) is 5.73 Å². The predicted molar refractivity (Wildman–Crippen MR) is 68.6 cm³/mol. The van der Waals surface area contributed by atoms with Gasteiger partial charge in [-0.1, -0.05) is 22.0 Å². The third-order valence-corrected chi connectivity index (χ3v) is 3.05. The molecule has 0 saturated carbocycles. The minimum absolute atomic E-state index is 0.449. The van der Waals surface area contributed by atoms with Gasteiger partial charge in [0.1, 0.15) is 5.82 Å². The maximum atomic E-state index is 5.58. The van der Waals surface area contributed by atoms with Gasteiger partial charge >= 0.3 is 0 Å². The van der Waals surface area contributed by atoms with Crippen LogP contribution in [0.2, 0.25) is 0 Å². The maximum Gasteiger partial charge on any atom is 0.229 e. The average Bonchev–Trinajstić information content (AvgIpc) is 2.25. The van der Waals surface area contributed by atoms with E-state index >= 15 is 0 Å². The van der Waals surface area contributed by atoms with Gasteiger partial charge in [0.2, 0.25) is 5.95 Å². The third-order valence-electron chi connectivity index (χ3n) is 2.19. The van der Waals surface area contributed by atoms with Crippen LogP contribution in [-0.2, 0) is 0 Å². The molecule has 1 aromatic carbocycles. The molecule has 3 N–H and O–H groups in total. The highest BCUT2D eigenvalue weighted by Gasteiger charge is 2.03. The summed E-state index contributed by atoms with van der Waals surface area (Å²) in [6.45, 7) is 2.01. The molecule has 0 aliphatic carbocycles. The van der Waals surface area contributed by atoms with Crippen molar-refractivity contribution in [2.24, 2.45) is 0 Å². The van der Waals surface area contributed by atoms with Crippen LogP contribution < -0.4 is 11.1 Å². The van der Waals surface area contributed by atoms with Gasteiger partial charge in [-0.15, -0.1) is 0 Å². The second-order valence-corrected chi connectivity index (χ2v) is 4.20. The van der Waals surface area contributed by atoms with Crippen LogP contribution in [0.15, 0.2) is 34.9 Å². The number of rotatable bonds is 2. The molecule has 1 heterocycles. The number of halogens is 1. The molecule has 0 amide bonds. The normalized spacial score (nSPS) is 10.1. The van der Waals surface area contributed by atoms with Crippen molar-refractivity contribution in [2.45, 2.75) is 6.92 Å². The number of nitrogen functional groups attached to an aromatic ring is 1. The van der Waals surface area contributed by atoms with Crippen LogP contribution >= 0.6 is 15.9 Å². The molecule has 0 aliphatic heterocycles. The Labute approximate surface area is 102 Å². The van der Waals surface area contributed by atoms with Gasteiger partial charge in [0, 0.05) is 16.4 Å². The van der Waals surface area contributed by atoms with E-state index in [0.29, 0.717) is 11.8 Å². The van der Waals surface area contributed by atoms with E-state index in [-0.39, 0.29) is 0 Å². The Kier molecular flexibility index (Phi) is 3.05. The first kappa shape index (κ1) is 10.9. The molecule has 1 aromatic heterocycles. The van der Waals surface area contributed by atoms with Crippen LogP contribution in [0.25, 0.3) is 0 Å². The summed E-state index contributed by atoms with van der Waals surface area (Å²) in [5.41, 5.74) is 7.64. The molecular formula is C11H11BrN4. The van der Waals surface area contributed by atoms with E-state index in [2.05, 4.69) is 31.2 Å². The summed E-state index contributed by atoms with van der Waals surface area (Å²) < 4.78 is 1.04. The van der Waals surface area contributed by atoms with Crippen molar-refractivity contribution < 1.29 is 0 Å². The molecule has 0 unspecified atom stereocenters. The molecule has 0 saturated heterocycles. The number of aromatic nitrogens is 2. The average molecular weight is 279 g/mol. The number of nitrogens with two attached hydrogens (primary N) is 1. The molecule has 16 heavy (non-hydrogen) atoms. The van der Waals surface area contributed by atoms with Gasteiger partial charge < -0.3 is 11.1 Å². The van der Waals surface area contributed by atoms with Crippen LogP contribution in [0.3, 0.4) is 0 Å². The zero-order valence-electron chi connectivity index (χ0n) is 8.74. The number of nitrogens with zero attached hydrogens (tertiary/aromatic N) is 2. The Balaban J connectivity index is 2.31. The van der Waals surface area contributed by atoms with E-state index < -0.39 is 0 Å². The molecule has 0 atom stereocenters. The van der Waals surface area contributed by atoms with E-state index in [1.807, 2.05) is 25.1 Å². The minimum atomic E-state index is 0.449. The van der Waals surface area contributed by atoms with Crippen LogP contribution in [0.5, 0.6) is 0 Å². The quantitative estimate of drug-likeness (QED) is 0.887. The first-order valence-electron chi connectivity index (χ1n) is 4.77. The Hall–Kier alpha value is -1.62. The molecule has 4 nitrogen and oxygen atoms in total. The van der Waals surface area contributed by atoms with Crippen LogP contribution in [0.4, 0.5) is 17.5 Å². The molecule has 82 valence electrons. The van der Waals surface area contributed by atoms with Crippen molar-refractivity contribution in [2.75, 3.05) is 11.1 Å². The lowest BCUT2D eigenvalue weighted by Crippen LogP contribution is -2.00. The highest BCUT2D eigenvalue weighted by Crippen LogP contribution is 2.25. The van der Waals surface area contributed by atoms with Crippen LogP contribution in [0, 0.1) is 6.92 Å². The van der Waals surface area contributed by atoms with Crippen molar-refractivity contribution in [1.29, 1.82) is 0 Å². The summed E-state index contributed by atoms with van der Waals surface area (Å²) in [6, 6.07) is 7.55. The van der Waals surface area contributed by atoms with Crippen molar-refractivity contribution in [3.05, 3.63) is 40.5 Å². The number of anilines is 3. The highest BCUT2D eigenvalue weighted by atomic mass is 79.9. The van der Waals surface area contributed by atoms with E-state index in [1.165, 1.54) is 0 Å². The molecule has 0 spiro atoms. The molecular weight excluding hydrogens is 268 g/mol. The van der Waals surface area contributed by atoms with Crippen LogP contribution in [0.1, 0.15) is 5.56 Å². The number of nitrogens with one attached hydrogen (secondary N) is 1. The van der Waals surface area contributed by atoms with Gasteiger partial charge in [-0.3, -0.25) is 0 Å². The smallest absolute Gasteiger partial charge is 0.229 e. The van der Waals surface area contributed by atoms with E-state index in [0.717, 1.165) is 15.7 Å². The number of hydrogen-bond acceptors (Lipinski definition) is 4. The third kappa shape index (κ3) is 2.30. The second-order valence-electron chi connectivity index (χ2n) is 3.34. The zero-order chi connectivity index (χ0) is 11.5. The number of benzene rings is 1. The summed E-state index contributed by atoms with van der Waals surface area (Å²) in [5, 5.41) is 3.12. The van der Waals surface area contributed by atoms with Gasteiger partial charge in [-0.2, -0.15) is 4.98 Å². The Morgan fingerprint density at radius 1 is 1.31 bits per heavy atom. The Morgan fingerprint density at radius 2 is 2.12 bits per heavy atom. The van der Waals surface area contributed by atoms with Crippen molar-refractivity contribution in [3.8, 4) is 0 Å². The molecule has 2 rings (SSSR count). The topological polar surface area (TPSA) is 63.8 Å². The van der Waals surface area contributed by atoms with Gasteiger partial charge in [-0.25, -0.2) is 4.98 Å². The fraction of sp³-hybridized carbons (Fsp3) is 0.0909. The van der Waals surface area contributed by atoms with Crippen molar-refractivity contribution >= 4 is 33.4 Å². The summed E-state index contributed by atoms with van der Waals surface area (Å²) in [4.78, 5) is 8.17. The lowest BCUT2D eigenvalue weighted by atomic mass is 10.2. The Bertz CT molecular complexity index is 513. The molecule has 0 aliphatic rings. The van der Waals surface area contributed by atoms with Crippen molar-refractivity contribution in [1.82, 2.24) is 9.97 Å². The van der Waals surface area contributed by atoms with Crippen molar-refractivity contribution in [3.63, 3.8) is 0 Å². The summed E-state index contributed by atoms with van der Waals surface area (Å²) in [7, 11) is 0. The minimum Gasteiger partial charge on any atom is -0.384 e. The molecule has 0 radical (unpaired) electrons. The molecule has 5 heteroatoms. The lowest BCUT2D eigenvalue weighted by molar-refractivity contribution is 1.17. The predicted octanol–water partition coefficient (Wildman–Crippen LogP) is 2.87. The van der Waals surface area contributed by atoms with E-state index in [1.54, 1.807) is 12.3 Å². The van der Waals surface area contributed by atoms with Gasteiger partial charge in [0.05, 0.1) is 0 Å². The largest absolute Gasteiger partial charge is 0.384 e. The monoisotopic (exact) mass is 278 g/mol. The Morgan fingerprint density at radius 3 is 2.88 bits per heavy atom. The zero-order valence-corrected chi connectivity index (χ0v) is 10.3. The first-order valence-corrected chi connectivity index (χ1v) is 5.57. The van der Waals surface area contributed by atoms with Gasteiger partial charge in [0.15, 0.2) is 0 Å². The fourth-order valence-electron chi connectivity index (χ4n) is 1.30. The highest BCUT2D eigenvalue weighted by molar-refractivity contribution is 9.10. The second kappa shape index (κ2) is 4.49. The standard InChI is InChI=1S/C11H11BrN4/c1-7-8(12)3-2-4-9(7)15-11-14-6-5-10(13)16-11/h2-6H,1H3,(H3,13,14,15,16).